The minimum atomic E-state index is -3.61. The van der Waals surface area contributed by atoms with Gasteiger partial charge in [0.25, 0.3) is 5.91 Å². The van der Waals surface area contributed by atoms with Crippen molar-refractivity contribution in [3.8, 4) is 0 Å². The third-order valence-corrected chi connectivity index (χ3v) is 7.45. The van der Waals surface area contributed by atoms with E-state index in [1.807, 2.05) is 25.1 Å². The van der Waals surface area contributed by atoms with Crippen LogP contribution in [0.15, 0.2) is 53.4 Å². The van der Waals surface area contributed by atoms with Gasteiger partial charge in [0.05, 0.1) is 15.5 Å². The van der Waals surface area contributed by atoms with Gasteiger partial charge in [0.1, 0.15) is 0 Å². The molecule has 1 saturated heterocycles. The molecule has 1 N–H and O–H groups in total. The molecule has 0 radical (unpaired) electrons. The zero-order chi connectivity index (χ0) is 20.9. The second-order valence-electron chi connectivity index (χ2n) is 7.51. The highest BCUT2D eigenvalue weighted by Gasteiger charge is 2.27. The molecular weight excluding hydrogens is 408 g/mol. The molecule has 156 valence electrons. The number of piperidine rings is 1. The van der Waals surface area contributed by atoms with Crippen LogP contribution >= 0.6 is 11.6 Å². The first-order valence-electron chi connectivity index (χ1n) is 10.0. The summed E-state index contributed by atoms with van der Waals surface area (Å²) in [7, 11) is -3.61. The highest BCUT2D eigenvalue weighted by atomic mass is 35.5. The van der Waals surface area contributed by atoms with Crippen LogP contribution < -0.4 is 5.32 Å². The number of halogens is 1. The van der Waals surface area contributed by atoms with E-state index in [9.17, 15) is 13.2 Å². The Labute approximate surface area is 178 Å². The quantitative estimate of drug-likeness (QED) is 0.707. The monoisotopic (exact) mass is 434 g/mol. The third kappa shape index (κ3) is 5.59. The van der Waals surface area contributed by atoms with Crippen LogP contribution in [0.4, 0.5) is 0 Å². The lowest BCUT2D eigenvalue weighted by molar-refractivity contribution is 0.0938. The highest BCUT2D eigenvalue weighted by Crippen LogP contribution is 2.25. The van der Waals surface area contributed by atoms with Crippen LogP contribution in [0.5, 0.6) is 0 Å². The molecule has 2 aromatic rings. The van der Waals surface area contributed by atoms with E-state index in [1.54, 1.807) is 0 Å². The Balaban J connectivity index is 1.69. The van der Waals surface area contributed by atoms with E-state index < -0.39 is 10.0 Å². The van der Waals surface area contributed by atoms with E-state index in [1.165, 1.54) is 28.1 Å². The summed E-state index contributed by atoms with van der Waals surface area (Å²) in [5.74, 6) is -0.355. The van der Waals surface area contributed by atoms with Crippen LogP contribution in [-0.4, -0.2) is 37.8 Å². The first-order valence-corrected chi connectivity index (χ1v) is 11.8. The third-order valence-electron chi connectivity index (χ3n) is 5.22. The van der Waals surface area contributed by atoms with E-state index in [2.05, 4.69) is 17.4 Å². The molecule has 29 heavy (non-hydrogen) atoms. The number of rotatable bonds is 7. The molecule has 1 fully saturated rings. The average Bonchev–Trinajstić information content (AvgIpc) is 2.73. The molecule has 0 aromatic heterocycles. The first-order chi connectivity index (χ1) is 13.9. The minimum Gasteiger partial charge on any atom is -0.350 e. The van der Waals surface area contributed by atoms with Gasteiger partial charge < -0.3 is 5.32 Å². The van der Waals surface area contributed by atoms with Gasteiger partial charge in [0.15, 0.2) is 0 Å². The van der Waals surface area contributed by atoms with Gasteiger partial charge in [-0.15, -0.1) is 0 Å². The lowest BCUT2D eigenvalue weighted by atomic mass is 10.1. The second kappa shape index (κ2) is 9.74. The number of hydrogen-bond donors (Lipinski definition) is 1. The molecule has 5 nitrogen and oxygen atoms in total. The van der Waals surface area contributed by atoms with Crippen LogP contribution in [0.2, 0.25) is 5.02 Å². The molecule has 1 aliphatic heterocycles. The molecule has 0 saturated carbocycles. The van der Waals surface area contributed by atoms with Crippen molar-refractivity contribution in [2.24, 2.45) is 0 Å². The summed E-state index contributed by atoms with van der Waals surface area (Å²) in [6.07, 6.45) is 4.39. The van der Waals surface area contributed by atoms with E-state index in [0.717, 1.165) is 32.1 Å². The lowest BCUT2D eigenvalue weighted by Crippen LogP contribution is -2.36. The summed E-state index contributed by atoms with van der Waals surface area (Å²) in [4.78, 5) is 12.9. The van der Waals surface area contributed by atoms with Gasteiger partial charge in [0.2, 0.25) is 10.0 Å². The molecular formula is C22H27ClN2O3S. The van der Waals surface area contributed by atoms with Crippen molar-refractivity contribution in [1.82, 2.24) is 9.62 Å². The number of benzene rings is 2. The lowest BCUT2D eigenvalue weighted by Gasteiger charge is -2.26. The Kier molecular flexibility index (Phi) is 7.33. The number of amides is 1. The molecule has 1 atom stereocenters. The summed E-state index contributed by atoms with van der Waals surface area (Å²) in [6.45, 7) is 2.97. The average molecular weight is 435 g/mol. The molecule has 0 aliphatic carbocycles. The predicted octanol–water partition coefficient (Wildman–Crippen LogP) is 4.27. The van der Waals surface area contributed by atoms with Crippen molar-refractivity contribution >= 4 is 27.5 Å². The van der Waals surface area contributed by atoms with Crippen LogP contribution in [0.25, 0.3) is 0 Å². The largest absolute Gasteiger partial charge is 0.350 e. The van der Waals surface area contributed by atoms with Crippen molar-refractivity contribution in [2.45, 2.75) is 50.0 Å². The van der Waals surface area contributed by atoms with Crippen molar-refractivity contribution in [2.75, 3.05) is 13.1 Å². The molecule has 1 unspecified atom stereocenters. The molecule has 0 spiro atoms. The normalized spacial score (nSPS) is 16.3. The Morgan fingerprint density at radius 3 is 2.48 bits per heavy atom. The fraction of sp³-hybridized carbons (Fsp3) is 0.409. The highest BCUT2D eigenvalue weighted by molar-refractivity contribution is 7.89. The Morgan fingerprint density at radius 2 is 1.79 bits per heavy atom. The van der Waals surface area contributed by atoms with Crippen molar-refractivity contribution in [3.63, 3.8) is 0 Å². The SMILES string of the molecule is CC(CCc1ccccc1)NC(=O)c1cc(S(=O)(=O)N2CCCCC2)ccc1Cl. The van der Waals surface area contributed by atoms with Gasteiger partial charge >= 0.3 is 0 Å². The number of carbonyl (C=O) groups excluding carboxylic acids is 1. The fourth-order valence-corrected chi connectivity index (χ4v) is 5.24. The van der Waals surface area contributed by atoms with Gasteiger partial charge in [-0.2, -0.15) is 4.31 Å². The van der Waals surface area contributed by atoms with Crippen LogP contribution in [0.3, 0.4) is 0 Å². The topological polar surface area (TPSA) is 66.5 Å². The molecule has 1 amide bonds. The summed E-state index contributed by atoms with van der Waals surface area (Å²) in [6, 6.07) is 14.4. The maximum atomic E-state index is 12.9. The van der Waals surface area contributed by atoms with Crippen molar-refractivity contribution in [3.05, 3.63) is 64.7 Å². The molecule has 1 aliphatic rings. The van der Waals surface area contributed by atoms with Crippen LogP contribution in [0, 0.1) is 0 Å². The van der Waals surface area contributed by atoms with Crippen molar-refractivity contribution < 1.29 is 13.2 Å². The van der Waals surface area contributed by atoms with Gasteiger partial charge in [-0.25, -0.2) is 8.42 Å². The maximum absolute atomic E-state index is 12.9. The molecule has 2 aromatic carbocycles. The molecule has 0 bridgehead atoms. The zero-order valence-corrected chi connectivity index (χ0v) is 18.2. The van der Waals surface area contributed by atoms with Crippen molar-refractivity contribution in [1.29, 1.82) is 0 Å². The van der Waals surface area contributed by atoms with E-state index in [-0.39, 0.29) is 27.4 Å². The van der Waals surface area contributed by atoms with Gasteiger partial charge in [-0.1, -0.05) is 48.4 Å². The minimum absolute atomic E-state index is 0.0684. The molecule has 7 heteroatoms. The first kappa shape index (κ1) is 21.8. The summed E-state index contributed by atoms with van der Waals surface area (Å²) >= 11 is 6.21. The number of aryl methyl sites for hydroxylation is 1. The molecule has 3 rings (SSSR count). The van der Waals surface area contributed by atoms with E-state index in [0.29, 0.717) is 13.1 Å². The second-order valence-corrected chi connectivity index (χ2v) is 9.85. The maximum Gasteiger partial charge on any atom is 0.253 e. The summed E-state index contributed by atoms with van der Waals surface area (Å²) in [5, 5.41) is 3.18. The predicted molar refractivity (Wildman–Crippen MR) is 116 cm³/mol. The van der Waals surface area contributed by atoms with Gasteiger partial charge in [-0.3, -0.25) is 4.79 Å². The Morgan fingerprint density at radius 1 is 1.10 bits per heavy atom. The smallest absolute Gasteiger partial charge is 0.253 e. The Hall–Kier alpha value is -1.89. The van der Waals surface area contributed by atoms with Gasteiger partial charge in [0, 0.05) is 19.1 Å². The number of nitrogens with one attached hydrogen (secondary N) is 1. The summed E-state index contributed by atoms with van der Waals surface area (Å²) < 4.78 is 27.3. The number of sulfonamides is 1. The number of hydrogen-bond acceptors (Lipinski definition) is 3. The van der Waals surface area contributed by atoms with Crippen LogP contribution in [-0.2, 0) is 16.4 Å². The van der Waals surface area contributed by atoms with E-state index in [4.69, 9.17) is 11.6 Å². The zero-order valence-electron chi connectivity index (χ0n) is 16.6. The van der Waals surface area contributed by atoms with Crippen LogP contribution in [0.1, 0.15) is 48.5 Å². The molecule has 1 heterocycles. The van der Waals surface area contributed by atoms with Gasteiger partial charge in [-0.05, 0) is 56.4 Å². The number of carbonyl (C=O) groups is 1. The Bertz CT molecular complexity index is 942. The standard InChI is InChI=1S/C22H27ClN2O3S/c1-17(10-11-18-8-4-2-5-9-18)24-22(26)20-16-19(12-13-21(20)23)29(27,28)25-14-6-3-7-15-25/h2,4-5,8-9,12-13,16-17H,3,6-7,10-11,14-15H2,1H3,(H,24,26). The van der Waals surface area contributed by atoms with E-state index >= 15 is 0 Å². The number of nitrogens with zero attached hydrogens (tertiary/aromatic N) is 1. The fourth-order valence-electron chi connectivity index (χ4n) is 3.49. The summed E-state index contributed by atoms with van der Waals surface area (Å²) in [5.41, 5.74) is 1.40.